The fourth-order valence-electron chi connectivity index (χ4n) is 6.97. The molecule has 1 fully saturated rings. The van der Waals surface area contributed by atoms with E-state index in [-0.39, 0.29) is 0 Å². The van der Waals surface area contributed by atoms with Gasteiger partial charge in [0.2, 0.25) is 0 Å². The van der Waals surface area contributed by atoms with Crippen LogP contribution in [0.15, 0.2) is 0 Å². The van der Waals surface area contributed by atoms with E-state index in [1.165, 1.54) is 167 Å². The maximum absolute atomic E-state index is 2.48. The quantitative estimate of drug-likeness (QED) is 0.0929. The summed E-state index contributed by atoms with van der Waals surface area (Å²) in [5.74, 6) is 4.92. The molecule has 1 aliphatic rings. The van der Waals surface area contributed by atoms with E-state index in [1.54, 1.807) is 0 Å². The fourth-order valence-corrected chi connectivity index (χ4v) is 6.97. The van der Waals surface area contributed by atoms with Gasteiger partial charge in [-0.05, 0) is 36.0 Å². The largest absolute Gasteiger partial charge is 0.0654 e. The summed E-state index contributed by atoms with van der Waals surface area (Å²) in [7, 11) is 0. The minimum absolute atomic E-state index is 0.886. The predicted molar refractivity (Wildman–Crippen MR) is 166 cm³/mol. The Kier molecular flexibility index (Phi) is 22.8. The highest BCUT2D eigenvalue weighted by atomic mass is 14.5. The van der Waals surface area contributed by atoms with Crippen LogP contribution in [0.1, 0.15) is 202 Å². The number of hydrogen-bond acceptors (Lipinski definition) is 0. The molecule has 0 aromatic carbocycles. The van der Waals surface area contributed by atoms with E-state index in [1.807, 2.05) is 0 Å². The summed E-state index contributed by atoms with van der Waals surface area (Å²) in [6.45, 7) is 12.2. The monoisotopic (exact) mass is 505 g/mol. The molecule has 0 amide bonds. The highest BCUT2D eigenvalue weighted by molar-refractivity contribution is 4.95. The Labute approximate surface area is 231 Å². The lowest BCUT2D eigenvalue weighted by molar-refractivity contribution is 0.288. The standard InChI is InChI=1S/C36H72/c1-6-7-8-9-10-11-12-13-14-15-16-17-18-19-20-21-22-23-24-25-26-27-28-29-30-31-35(32(2)3)36-33(4)34(36)5/h32-36H,6-31H2,1-5H3. The average Bonchev–Trinajstić information content (AvgIpc) is 3.45. The first-order valence-electron chi connectivity index (χ1n) is 17.6. The summed E-state index contributed by atoms with van der Waals surface area (Å²) in [5, 5.41) is 0. The smallest absolute Gasteiger partial charge is 0.0327 e. The summed E-state index contributed by atoms with van der Waals surface area (Å²) < 4.78 is 0. The molecule has 3 unspecified atom stereocenters. The molecule has 3 atom stereocenters. The highest BCUT2D eigenvalue weighted by Gasteiger charge is 2.47. The number of unbranched alkanes of at least 4 members (excludes halogenated alkanes) is 24. The Morgan fingerprint density at radius 3 is 0.861 bits per heavy atom. The van der Waals surface area contributed by atoms with Crippen molar-refractivity contribution in [3.05, 3.63) is 0 Å². The minimum Gasteiger partial charge on any atom is -0.0654 e. The third-order valence-corrected chi connectivity index (χ3v) is 9.89. The van der Waals surface area contributed by atoms with E-state index in [9.17, 15) is 0 Å². The first kappa shape index (κ1) is 34.0. The van der Waals surface area contributed by atoms with Gasteiger partial charge in [0.05, 0.1) is 0 Å². The summed E-state index contributed by atoms with van der Waals surface area (Å²) in [4.78, 5) is 0. The molecular weight excluding hydrogens is 432 g/mol. The maximum atomic E-state index is 2.48. The van der Waals surface area contributed by atoms with Crippen molar-refractivity contribution in [1.82, 2.24) is 0 Å². The Bertz CT molecular complexity index is 429. The van der Waals surface area contributed by atoms with Crippen LogP contribution in [0.2, 0.25) is 0 Å². The Morgan fingerprint density at radius 1 is 0.389 bits per heavy atom. The maximum Gasteiger partial charge on any atom is -0.0327 e. The molecular formula is C36H72. The van der Waals surface area contributed by atoms with E-state index in [4.69, 9.17) is 0 Å². The molecule has 36 heavy (non-hydrogen) atoms. The van der Waals surface area contributed by atoms with Gasteiger partial charge in [-0.15, -0.1) is 0 Å². The van der Waals surface area contributed by atoms with Crippen LogP contribution in [0.5, 0.6) is 0 Å². The van der Waals surface area contributed by atoms with Gasteiger partial charge in [-0.25, -0.2) is 0 Å². The van der Waals surface area contributed by atoms with Crippen molar-refractivity contribution in [2.45, 2.75) is 202 Å². The molecule has 0 aromatic heterocycles. The van der Waals surface area contributed by atoms with Crippen LogP contribution in [-0.2, 0) is 0 Å². The normalized spacial score (nSPS) is 20.3. The second-order valence-electron chi connectivity index (χ2n) is 13.5. The van der Waals surface area contributed by atoms with Crippen molar-refractivity contribution >= 4 is 0 Å². The van der Waals surface area contributed by atoms with Gasteiger partial charge in [0, 0.05) is 0 Å². The second kappa shape index (κ2) is 24.1. The van der Waals surface area contributed by atoms with Crippen molar-refractivity contribution in [3.63, 3.8) is 0 Å². The highest BCUT2D eigenvalue weighted by Crippen LogP contribution is 2.53. The molecule has 0 saturated heterocycles. The van der Waals surface area contributed by atoms with E-state index in [2.05, 4.69) is 34.6 Å². The van der Waals surface area contributed by atoms with Gasteiger partial charge in [-0.3, -0.25) is 0 Å². The number of hydrogen-bond donors (Lipinski definition) is 0. The lowest BCUT2D eigenvalue weighted by atomic mass is 9.84. The van der Waals surface area contributed by atoms with Crippen molar-refractivity contribution in [2.75, 3.05) is 0 Å². The molecule has 0 N–H and O–H groups in total. The van der Waals surface area contributed by atoms with Crippen molar-refractivity contribution in [1.29, 1.82) is 0 Å². The average molecular weight is 505 g/mol. The van der Waals surface area contributed by atoms with Gasteiger partial charge in [0.25, 0.3) is 0 Å². The van der Waals surface area contributed by atoms with Gasteiger partial charge in [-0.1, -0.05) is 195 Å². The van der Waals surface area contributed by atoms with Gasteiger partial charge in [0.1, 0.15) is 0 Å². The predicted octanol–water partition coefficient (Wildman–Crippen LogP) is 13.3. The SMILES string of the molecule is CCCCCCCCCCCCCCCCCCCCCCCCCCCC(C(C)C)C1C(C)C1C. The lowest BCUT2D eigenvalue weighted by Crippen LogP contribution is -2.12. The van der Waals surface area contributed by atoms with Crippen molar-refractivity contribution in [2.24, 2.45) is 29.6 Å². The number of rotatable bonds is 28. The summed E-state index contributed by atoms with van der Waals surface area (Å²) >= 11 is 0. The van der Waals surface area contributed by atoms with Crippen LogP contribution in [0, 0.1) is 29.6 Å². The molecule has 0 radical (unpaired) electrons. The Hall–Kier alpha value is 0. The van der Waals surface area contributed by atoms with E-state index in [0.717, 1.165) is 29.6 Å². The van der Waals surface area contributed by atoms with E-state index < -0.39 is 0 Å². The third kappa shape index (κ3) is 18.3. The van der Waals surface area contributed by atoms with Gasteiger partial charge in [-0.2, -0.15) is 0 Å². The summed E-state index contributed by atoms with van der Waals surface area (Å²) in [6, 6.07) is 0. The molecule has 1 aliphatic carbocycles. The lowest BCUT2D eigenvalue weighted by Gasteiger charge is -2.21. The molecule has 0 heterocycles. The molecule has 1 saturated carbocycles. The summed E-state index contributed by atoms with van der Waals surface area (Å²) in [6.07, 6.45) is 38.6. The van der Waals surface area contributed by atoms with E-state index in [0.29, 0.717) is 0 Å². The first-order chi connectivity index (χ1) is 17.6. The minimum atomic E-state index is 0.886. The van der Waals surface area contributed by atoms with Crippen LogP contribution in [0.3, 0.4) is 0 Å². The van der Waals surface area contributed by atoms with Crippen LogP contribution < -0.4 is 0 Å². The molecule has 0 nitrogen and oxygen atoms in total. The second-order valence-corrected chi connectivity index (χ2v) is 13.5. The molecule has 0 aliphatic heterocycles. The van der Waals surface area contributed by atoms with Crippen molar-refractivity contribution in [3.8, 4) is 0 Å². The summed E-state index contributed by atoms with van der Waals surface area (Å²) in [5.41, 5.74) is 0. The molecule has 0 aromatic rings. The molecule has 0 spiro atoms. The molecule has 1 rings (SSSR count). The fraction of sp³-hybridized carbons (Fsp3) is 1.00. The van der Waals surface area contributed by atoms with Crippen LogP contribution >= 0.6 is 0 Å². The van der Waals surface area contributed by atoms with Crippen LogP contribution in [-0.4, -0.2) is 0 Å². The molecule has 0 bridgehead atoms. The topological polar surface area (TPSA) is 0 Å². The third-order valence-electron chi connectivity index (χ3n) is 9.89. The first-order valence-corrected chi connectivity index (χ1v) is 17.6. The molecule has 216 valence electrons. The zero-order valence-corrected chi connectivity index (χ0v) is 26.3. The zero-order valence-electron chi connectivity index (χ0n) is 26.3. The Balaban J connectivity index is 1.70. The zero-order chi connectivity index (χ0) is 26.3. The van der Waals surface area contributed by atoms with Crippen molar-refractivity contribution < 1.29 is 0 Å². The van der Waals surface area contributed by atoms with Gasteiger partial charge in [0.15, 0.2) is 0 Å². The van der Waals surface area contributed by atoms with E-state index >= 15 is 0 Å². The van der Waals surface area contributed by atoms with Gasteiger partial charge < -0.3 is 0 Å². The van der Waals surface area contributed by atoms with Gasteiger partial charge >= 0.3 is 0 Å². The van der Waals surface area contributed by atoms with Crippen LogP contribution in [0.4, 0.5) is 0 Å². The Morgan fingerprint density at radius 2 is 0.639 bits per heavy atom. The molecule has 0 heteroatoms. The van der Waals surface area contributed by atoms with Crippen LogP contribution in [0.25, 0.3) is 0 Å².